The van der Waals surface area contributed by atoms with Crippen LogP contribution in [0.5, 0.6) is 0 Å². The van der Waals surface area contributed by atoms with E-state index < -0.39 is 17.8 Å². The van der Waals surface area contributed by atoms with E-state index in [1.165, 1.54) is 19.2 Å². The number of hydrogen-bond acceptors (Lipinski definition) is 5. The average molecular weight is 420 g/mol. The number of aromatic nitrogens is 2. The lowest BCUT2D eigenvalue weighted by Crippen LogP contribution is -2.35. The molecule has 7 nitrogen and oxygen atoms in total. The lowest BCUT2D eigenvalue weighted by Gasteiger charge is -2.19. The number of hydrogen-bond donors (Lipinski definition) is 2. The lowest BCUT2D eigenvalue weighted by molar-refractivity contribution is -0.137. The lowest BCUT2D eigenvalue weighted by atomic mass is 10.1. The highest BCUT2D eigenvalue weighted by molar-refractivity contribution is 5.76. The van der Waals surface area contributed by atoms with Crippen LogP contribution in [0.1, 0.15) is 18.4 Å². The second-order valence-electron chi connectivity index (χ2n) is 6.69. The summed E-state index contributed by atoms with van der Waals surface area (Å²) in [6.07, 6.45) is -5.22. The molecule has 158 valence electrons. The Bertz CT molecular complexity index is 1020. The molecule has 0 spiro atoms. The molecule has 0 aliphatic carbocycles. The molecule has 1 aromatic heterocycles. The molecule has 1 amide bonds. The molecule has 2 N–H and O–H groups in total. The molecule has 30 heavy (non-hydrogen) atoms. The van der Waals surface area contributed by atoms with Crippen molar-refractivity contribution in [3.05, 3.63) is 60.0 Å². The Balaban J connectivity index is 1.79. The molecule has 0 aliphatic rings. The maximum atomic E-state index is 12.7. The van der Waals surface area contributed by atoms with Gasteiger partial charge in [-0.15, -0.1) is 10.2 Å². The fourth-order valence-corrected chi connectivity index (χ4v) is 2.70. The Labute approximate surface area is 170 Å². The summed E-state index contributed by atoms with van der Waals surface area (Å²) in [5.74, 6) is 0.486. The standard InChI is InChI=1S/C20H19F3N4O3/c1-12(27(2)19(28)29)11-17-25-26-18(30-17)15-5-3-4-6-16(15)24-14-9-7-13(8-10-14)20(21,22)23/h3-10,12,24H,11H2,1-2H3,(H,28,29). The van der Waals surface area contributed by atoms with Crippen molar-refractivity contribution in [3.63, 3.8) is 0 Å². The summed E-state index contributed by atoms with van der Waals surface area (Å²) >= 11 is 0. The normalized spacial score (nSPS) is 12.4. The number of rotatable bonds is 6. The molecule has 3 rings (SSSR count). The Morgan fingerprint density at radius 1 is 1.17 bits per heavy atom. The number of halogens is 3. The van der Waals surface area contributed by atoms with Gasteiger partial charge in [0.1, 0.15) is 0 Å². The largest absolute Gasteiger partial charge is 0.465 e. The molecule has 0 saturated carbocycles. The second kappa shape index (κ2) is 8.44. The molecule has 1 atom stereocenters. The van der Waals surface area contributed by atoms with Gasteiger partial charge in [-0.25, -0.2) is 4.79 Å². The van der Waals surface area contributed by atoms with Crippen LogP contribution >= 0.6 is 0 Å². The summed E-state index contributed by atoms with van der Waals surface area (Å²) in [6, 6.07) is 11.3. The number of alkyl halides is 3. The highest BCUT2D eigenvalue weighted by Crippen LogP contribution is 2.32. The number of likely N-dealkylation sites (N-methyl/N-ethyl adjacent to an activating group) is 1. The third kappa shape index (κ3) is 4.88. The second-order valence-corrected chi connectivity index (χ2v) is 6.69. The van der Waals surface area contributed by atoms with Gasteiger partial charge in [-0.1, -0.05) is 12.1 Å². The molecular weight excluding hydrogens is 401 g/mol. The fourth-order valence-electron chi connectivity index (χ4n) is 2.70. The van der Waals surface area contributed by atoms with Crippen LogP contribution < -0.4 is 5.32 Å². The van der Waals surface area contributed by atoms with Crippen LogP contribution in [0.2, 0.25) is 0 Å². The first kappa shape index (κ1) is 21.2. The summed E-state index contributed by atoms with van der Waals surface area (Å²) in [7, 11) is 1.45. The minimum Gasteiger partial charge on any atom is -0.465 e. The zero-order valence-corrected chi connectivity index (χ0v) is 16.1. The monoisotopic (exact) mass is 420 g/mol. The third-order valence-electron chi connectivity index (χ3n) is 4.55. The van der Waals surface area contributed by atoms with E-state index in [1.807, 2.05) is 0 Å². The van der Waals surface area contributed by atoms with Crippen LogP contribution in [0, 0.1) is 0 Å². The molecule has 0 bridgehead atoms. The highest BCUT2D eigenvalue weighted by Gasteiger charge is 2.30. The number of benzene rings is 2. The van der Waals surface area contributed by atoms with E-state index in [4.69, 9.17) is 9.52 Å². The van der Waals surface area contributed by atoms with Gasteiger partial charge < -0.3 is 19.7 Å². The van der Waals surface area contributed by atoms with Gasteiger partial charge >= 0.3 is 12.3 Å². The van der Waals surface area contributed by atoms with Gasteiger partial charge in [-0.3, -0.25) is 0 Å². The molecule has 0 fully saturated rings. The SMILES string of the molecule is CC(Cc1nnc(-c2ccccc2Nc2ccc(C(F)(F)F)cc2)o1)N(C)C(=O)O. The summed E-state index contributed by atoms with van der Waals surface area (Å²) in [5, 5.41) is 20.1. The van der Waals surface area contributed by atoms with E-state index in [9.17, 15) is 18.0 Å². The van der Waals surface area contributed by atoms with Gasteiger partial charge in [0.25, 0.3) is 0 Å². The molecule has 10 heteroatoms. The number of anilines is 2. The molecule has 0 radical (unpaired) electrons. The van der Waals surface area contributed by atoms with E-state index in [-0.39, 0.29) is 24.2 Å². The Kier molecular flexibility index (Phi) is 5.95. The smallest absolute Gasteiger partial charge is 0.416 e. The van der Waals surface area contributed by atoms with E-state index in [0.29, 0.717) is 16.9 Å². The van der Waals surface area contributed by atoms with Crippen LogP contribution in [0.15, 0.2) is 52.9 Å². The number of amides is 1. The van der Waals surface area contributed by atoms with E-state index in [2.05, 4.69) is 15.5 Å². The van der Waals surface area contributed by atoms with Crippen molar-refractivity contribution in [2.75, 3.05) is 12.4 Å². The fraction of sp³-hybridized carbons (Fsp3) is 0.250. The van der Waals surface area contributed by atoms with Crippen LogP contribution in [-0.4, -0.2) is 39.4 Å². The molecule has 3 aromatic rings. The molecule has 1 unspecified atom stereocenters. The zero-order valence-electron chi connectivity index (χ0n) is 16.1. The third-order valence-corrected chi connectivity index (χ3v) is 4.55. The summed E-state index contributed by atoms with van der Waals surface area (Å²) in [5.41, 5.74) is 0.869. The molecule has 0 aliphatic heterocycles. The van der Waals surface area contributed by atoms with Crippen LogP contribution in [-0.2, 0) is 12.6 Å². The van der Waals surface area contributed by atoms with Crippen molar-refractivity contribution in [2.24, 2.45) is 0 Å². The summed E-state index contributed by atoms with van der Waals surface area (Å²) in [4.78, 5) is 12.2. The summed E-state index contributed by atoms with van der Waals surface area (Å²) < 4.78 is 43.9. The first-order valence-corrected chi connectivity index (χ1v) is 8.97. The maximum absolute atomic E-state index is 12.7. The minimum absolute atomic E-state index is 0.213. The number of nitrogens with zero attached hydrogens (tertiary/aromatic N) is 3. The average Bonchev–Trinajstić information content (AvgIpc) is 3.15. The Morgan fingerprint density at radius 3 is 2.47 bits per heavy atom. The minimum atomic E-state index is -4.40. The number of carboxylic acid groups (broad SMARTS) is 1. The molecule has 0 saturated heterocycles. The van der Waals surface area contributed by atoms with Crippen molar-refractivity contribution < 1.29 is 27.5 Å². The van der Waals surface area contributed by atoms with Gasteiger partial charge in [-0.05, 0) is 43.3 Å². The van der Waals surface area contributed by atoms with Crippen LogP contribution in [0.25, 0.3) is 11.5 Å². The van der Waals surface area contributed by atoms with Gasteiger partial charge in [0.2, 0.25) is 11.8 Å². The van der Waals surface area contributed by atoms with E-state index >= 15 is 0 Å². The Morgan fingerprint density at radius 2 is 1.83 bits per heavy atom. The predicted octanol–water partition coefficient (Wildman–Crippen LogP) is 5.04. The number of para-hydroxylation sites is 1. The van der Waals surface area contributed by atoms with Crippen LogP contribution in [0.4, 0.5) is 29.3 Å². The van der Waals surface area contributed by atoms with Crippen molar-refractivity contribution >= 4 is 17.5 Å². The molecule has 1 heterocycles. The summed E-state index contributed by atoms with van der Waals surface area (Å²) in [6.45, 7) is 1.72. The molecule has 2 aromatic carbocycles. The van der Waals surface area contributed by atoms with Gasteiger partial charge in [0, 0.05) is 25.2 Å². The van der Waals surface area contributed by atoms with Crippen LogP contribution in [0.3, 0.4) is 0 Å². The zero-order chi connectivity index (χ0) is 21.9. The van der Waals surface area contributed by atoms with Gasteiger partial charge in [0.15, 0.2) is 0 Å². The first-order valence-electron chi connectivity index (χ1n) is 8.97. The first-order chi connectivity index (χ1) is 14.1. The van der Waals surface area contributed by atoms with Gasteiger partial charge in [-0.2, -0.15) is 13.2 Å². The maximum Gasteiger partial charge on any atom is 0.416 e. The number of nitrogens with one attached hydrogen (secondary N) is 1. The topological polar surface area (TPSA) is 91.5 Å². The predicted molar refractivity (Wildman–Crippen MR) is 103 cm³/mol. The van der Waals surface area contributed by atoms with E-state index in [1.54, 1.807) is 31.2 Å². The quantitative estimate of drug-likeness (QED) is 0.581. The van der Waals surface area contributed by atoms with Crippen molar-refractivity contribution in [1.29, 1.82) is 0 Å². The van der Waals surface area contributed by atoms with Crippen molar-refractivity contribution in [1.82, 2.24) is 15.1 Å². The number of carbonyl (C=O) groups is 1. The van der Waals surface area contributed by atoms with Gasteiger partial charge in [0.05, 0.1) is 16.8 Å². The Hall–Kier alpha value is -3.56. The van der Waals surface area contributed by atoms with Crippen molar-refractivity contribution in [2.45, 2.75) is 25.6 Å². The van der Waals surface area contributed by atoms with Crippen molar-refractivity contribution in [3.8, 4) is 11.5 Å². The van der Waals surface area contributed by atoms with E-state index in [0.717, 1.165) is 17.0 Å². The molecular formula is C20H19F3N4O3. The highest BCUT2D eigenvalue weighted by atomic mass is 19.4.